The van der Waals surface area contributed by atoms with Gasteiger partial charge in [-0.05, 0) is 96.3 Å². The molecule has 6 nitrogen and oxygen atoms in total. The second-order valence-electron chi connectivity index (χ2n) is 23.1. The minimum atomic E-state index is -0.777. The van der Waals surface area contributed by atoms with Gasteiger partial charge in [-0.1, -0.05) is 318 Å². The molecular weight excluding hydrogens is 985 g/mol. The van der Waals surface area contributed by atoms with Gasteiger partial charge in [0, 0.05) is 19.3 Å². The maximum Gasteiger partial charge on any atom is 0.306 e. The third-order valence-electron chi connectivity index (χ3n) is 15.1. The molecule has 0 aromatic carbocycles. The molecule has 0 aliphatic carbocycles. The van der Waals surface area contributed by atoms with Crippen LogP contribution in [0, 0.1) is 0 Å². The molecule has 0 spiro atoms. The van der Waals surface area contributed by atoms with Crippen LogP contribution in [0.1, 0.15) is 348 Å². The van der Waals surface area contributed by atoms with E-state index in [0.29, 0.717) is 19.3 Å². The van der Waals surface area contributed by atoms with E-state index < -0.39 is 6.10 Å². The average molecular weight is 1120 g/mol. The summed E-state index contributed by atoms with van der Waals surface area (Å²) >= 11 is 0. The standard InChI is InChI=1S/C74H130O6/c1-4-7-10-13-16-19-22-25-27-28-29-30-31-32-33-34-35-36-37-38-39-40-41-42-43-44-45-46-47-50-52-55-58-61-64-67-73(76)79-70-71(69-78-72(75)66-63-60-57-54-51-48-24-21-18-15-12-9-6-3)80-74(77)68-65-62-59-56-53-49-26-23-20-17-14-11-8-5-2/h7,10,16,19,23,25-27,29-30,32-33,35-36,71H,4-6,8-9,11-15,17-18,20-22,24,28,31,34,37-70H2,1-3H3/b10-7-,19-16-,26-23-,27-25-,30-29-,33-32-,36-35-. The summed E-state index contributed by atoms with van der Waals surface area (Å²) in [4.78, 5) is 38.3. The summed E-state index contributed by atoms with van der Waals surface area (Å²) in [5.41, 5.74) is 0. The second-order valence-corrected chi connectivity index (χ2v) is 23.1. The van der Waals surface area contributed by atoms with Crippen molar-refractivity contribution < 1.29 is 28.6 Å². The van der Waals surface area contributed by atoms with Gasteiger partial charge in [0.2, 0.25) is 0 Å². The van der Waals surface area contributed by atoms with Crippen molar-refractivity contribution in [2.45, 2.75) is 354 Å². The number of hydrogen-bond acceptors (Lipinski definition) is 6. The zero-order valence-electron chi connectivity index (χ0n) is 53.1. The van der Waals surface area contributed by atoms with Crippen molar-refractivity contribution in [1.82, 2.24) is 0 Å². The van der Waals surface area contributed by atoms with Crippen LogP contribution < -0.4 is 0 Å². The lowest BCUT2D eigenvalue weighted by Crippen LogP contribution is -2.30. The molecule has 0 saturated heterocycles. The van der Waals surface area contributed by atoms with Crippen molar-refractivity contribution in [3.8, 4) is 0 Å². The fourth-order valence-electron chi connectivity index (χ4n) is 9.97. The molecule has 80 heavy (non-hydrogen) atoms. The first-order chi connectivity index (χ1) is 39.5. The molecule has 6 heteroatoms. The molecule has 1 atom stereocenters. The zero-order valence-corrected chi connectivity index (χ0v) is 53.1. The molecule has 0 aliphatic heterocycles. The van der Waals surface area contributed by atoms with Crippen molar-refractivity contribution in [2.75, 3.05) is 13.2 Å². The van der Waals surface area contributed by atoms with Crippen molar-refractivity contribution in [2.24, 2.45) is 0 Å². The van der Waals surface area contributed by atoms with Gasteiger partial charge in [0.1, 0.15) is 13.2 Å². The van der Waals surface area contributed by atoms with Crippen molar-refractivity contribution in [3.63, 3.8) is 0 Å². The number of allylic oxidation sites excluding steroid dienone is 14. The summed E-state index contributed by atoms with van der Waals surface area (Å²) < 4.78 is 16.9. The molecule has 0 amide bonds. The van der Waals surface area contributed by atoms with E-state index in [0.717, 1.165) is 103 Å². The average Bonchev–Trinajstić information content (AvgIpc) is 3.46. The lowest BCUT2D eigenvalue weighted by Gasteiger charge is -2.18. The van der Waals surface area contributed by atoms with Crippen molar-refractivity contribution in [1.29, 1.82) is 0 Å². The Morgan fingerprint density at radius 3 is 0.775 bits per heavy atom. The van der Waals surface area contributed by atoms with Gasteiger partial charge in [-0.3, -0.25) is 14.4 Å². The van der Waals surface area contributed by atoms with Gasteiger partial charge in [0.05, 0.1) is 0 Å². The first-order valence-electron chi connectivity index (χ1n) is 34.6. The number of hydrogen-bond donors (Lipinski definition) is 0. The summed E-state index contributed by atoms with van der Waals surface area (Å²) in [6.07, 6.45) is 90.4. The maximum atomic E-state index is 12.9. The van der Waals surface area contributed by atoms with Crippen LogP contribution in [-0.2, 0) is 28.6 Å². The van der Waals surface area contributed by atoms with Gasteiger partial charge in [-0.25, -0.2) is 0 Å². The Morgan fingerprint density at radius 2 is 0.487 bits per heavy atom. The number of carbonyl (C=O) groups excluding carboxylic acids is 3. The van der Waals surface area contributed by atoms with Gasteiger partial charge in [0.25, 0.3) is 0 Å². The summed E-state index contributed by atoms with van der Waals surface area (Å²) in [7, 11) is 0. The molecular formula is C74H130O6. The predicted molar refractivity (Wildman–Crippen MR) is 348 cm³/mol. The normalized spacial score (nSPS) is 12.6. The number of unbranched alkanes of at least 4 members (excludes halogenated alkanes) is 38. The Kier molecular flexibility index (Phi) is 65.2. The fraction of sp³-hybridized carbons (Fsp3) is 0.770. The van der Waals surface area contributed by atoms with Crippen molar-refractivity contribution >= 4 is 17.9 Å². The maximum absolute atomic E-state index is 12.9. The summed E-state index contributed by atoms with van der Waals surface area (Å²) in [5, 5.41) is 0. The monoisotopic (exact) mass is 1110 g/mol. The van der Waals surface area contributed by atoms with Crippen molar-refractivity contribution in [3.05, 3.63) is 85.1 Å². The highest BCUT2D eigenvalue weighted by Crippen LogP contribution is 2.17. The lowest BCUT2D eigenvalue weighted by molar-refractivity contribution is -0.167. The van der Waals surface area contributed by atoms with Gasteiger partial charge in [-0.15, -0.1) is 0 Å². The van der Waals surface area contributed by atoms with E-state index in [1.807, 2.05) is 0 Å². The fourth-order valence-corrected chi connectivity index (χ4v) is 9.97. The predicted octanol–water partition coefficient (Wildman–Crippen LogP) is 23.8. The highest BCUT2D eigenvalue weighted by Gasteiger charge is 2.19. The third kappa shape index (κ3) is 65.4. The number of esters is 3. The van der Waals surface area contributed by atoms with Gasteiger partial charge < -0.3 is 14.2 Å². The summed E-state index contributed by atoms with van der Waals surface area (Å²) in [6.45, 7) is 6.55. The Bertz CT molecular complexity index is 1520. The second kappa shape index (κ2) is 68.1. The molecule has 0 rings (SSSR count). The molecule has 0 saturated carbocycles. The smallest absolute Gasteiger partial charge is 0.306 e. The van der Waals surface area contributed by atoms with E-state index in [4.69, 9.17) is 14.2 Å². The van der Waals surface area contributed by atoms with E-state index in [-0.39, 0.29) is 31.1 Å². The first-order valence-corrected chi connectivity index (χ1v) is 34.6. The number of ether oxygens (including phenoxy) is 3. The molecule has 0 bridgehead atoms. The molecule has 1 unspecified atom stereocenters. The quantitative estimate of drug-likeness (QED) is 0.0261. The number of rotatable bonds is 63. The van der Waals surface area contributed by atoms with Crippen LogP contribution in [0.2, 0.25) is 0 Å². The van der Waals surface area contributed by atoms with Crippen LogP contribution in [0.25, 0.3) is 0 Å². The van der Waals surface area contributed by atoms with E-state index in [1.165, 1.54) is 205 Å². The van der Waals surface area contributed by atoms with Crippen LogP contribution in [-0.4, -0.2) is 37.2 Å². The Labute approximate surface area is 496 Å². The van der Waals surface area contributed by atoms with Crippen LogP contribution >= 0.6 is 0 Å². The minimum Gasteiger partial charge on any atom is -0.462 e. The van der Waals surface area contributed by atoms with Gasteiger partial charge in [-0.2, -0.15) is 0 Å². The van der Waals surface area contributed by atoms with Crippen LogP contribution in [0.4, 0.5) is 0 Å². The first kappa shape index (κ1) is 76.6. The van der Waals surface area contributed by atoms with Crippen LogP contribution in [0.15, 0.2) is 85.1 Å². The summed E-state index contributed by atoms with van der Waals surface area (Å²) in [5.74, 6) is -0.864. The van der Waals surface area contributed by atoms with Crippen LogP contribution in [0.5, 0.6) is 0 Å². The number of carbonyl (C=O) groups is 3. The minimum absolute atomic E-state index is 0.0735. The largest absolute Gasteiger partial charge is 0.462 e. The van der Waals surface area contributed by atoms with E-state index >= 15 is 0 Å². The molecule has 0 N–H and O–H groups in total. The topological polar surface area (TPSA) is 78.9 Å². The third-order valence-corrected chi connectivity index (χ3v) is 15.1. The molecule has 462 valence electrons. The van der Waals surface area contributed by atoms with Crippen LogP contribution in [0.3, 0.4) is 0 Å². The molecule has 0 aliphatic rings. The van der Waals surface area contributed by atoms with Gasteiger partial charge >= 0.3 is 17.9 Å². The zero-order chi connectivity index (χ0) is 57.8. The van der Waals surface area contributed by atoms with Gasteiger partial charge in [0.15, 0.2) is 6.10 Å². The Balaban J connectivity index is 4.11. The molecule has 0 fully saturated rings. The van der Waals surface area contributed by atoms with E-state index in [2.05, 4.69) is 106 Å². The molecule has 0 heterocycles. The SMILES string of the molecule is CC/C=C\C/C=C\C/C=C\C/C=C\C/C=C\C/C=C\CCCCCCCCCCCCCCCCCCC(=O)OCC(COC(=O)CCCCCCCCCCCCCCC)OC(=O)CCCCCCC/C=C\CCCCCCC. The molecule has 0 radical (unpaired) electrons. The Morgan fingerprint density at radius 1 is 0.263 bits per heavy atom. The summed E-state index contributed by atoms with van der Waals surface area (Å²) in [6, 6.07) is 0. The van der Waals surface area contributed by atoms with E-state index in [1.54, 1.807) is 0 Å². The van der Waals surface area contributed by atoms with E-state index in [9.17, 15) is 14.4 Å². The highest BCUT2D eigenvalue weighted by atomic mass is 16.6. The lowest BCUT2D eigenvalue weighted by atomic mass is 10.0. The molecule has 0 aromatic heterocycles. The highest BCUT2D eigenvalue weighted by molar-refractivity contribution is 5.71. The molecule has 0 aromatic rings. The Hall–Kier alpha value is -3.41.